The number of thioether (sulfide) groups is 1. The number of primary amides is 1. The number of hydrogen-bond donors (Lipinski definition) is 1. The standard InChI is InChI=1S/C22H25N3O2S/c23-22(27)17-9-6-12-24(13-17)14-21(26)25-18-10-4-5-11-20(18)28-15-19(25)16-7-2-1-3-8-16/h1-5,7-8,10-11,17,19H,6,9,12-15H2,(H2,23,27)/t17-,19-/m0/s1. The molecular weight excluding hydrogens is 370 g/mol. The minimum atomic E-state index is -0.265. The van der Waals surface area contributed by atoms with Gasteiger partial charge in [-0.25, -0.2) is 0 Å². The fraction of sp³-hybridized carbons (Fsp3) is 0.364. The first-order valence-electron chi connectivity index (χ1n) is 9.74. The molecule has 2 N–H and O–H groups in total. The second-order valence-electron chi connectivity index (χ2n) is 7.45. The Balaban J connectivity index is 1.60. The SMILES string of the molecule is NC(=O)[C@H]1CCCN(CC(=O)N2c3ccccc3SC[C@H]2c2ccccc2)C1. The van der Waals surface area contributed by atoms with Gasteiger partial charge in [0.1, 0.15) is 0 Å². The van der Waals surface area contributed by atoms with Gasteiger partial charge in [0.05, 0.1) is 24.2 Å². The Bertz CT molecular complexity index is 858. The van der Waals surface area contributed by atoms with E-state index in [-0.39, 0.29) is 23.8 Å². The average molecular weight is 396 g/mol. The lowest BCUT2D eigenvalue weighted by Gasteiger charge is -2.39. The van der Waals surface area contributed by atoms with Crippen LogP contribution in [-0.4, -0.2) is 42.1 Å². The van der Waals surface area contributed by atoms with Gasteiger partial charge in [-0.3, -0.25) is 14.5 Å². The second-order valence-corrected chi connectivity index (χ2v) is 8.51. The van der Waals surface area contributed by atoms with Gasteiger partial charge in [-0.05, 0) is 37.1 Å². The number of piperidine rings is 1. The van der Waals surface area contributed by atoms with E-state index in [0.29, 0.717) is 13.1 Å². The van der Waals surface area contributed by atoms with Gasteiger partial charge in [-0.15, -0.1) is 11.8 Å². The molecule has 0 aliphatic carbocycles. The highest BCUT2D eigenvalue weighted by Gasteiger charge is 2.34. The number of carbonyl (C=O) groups excluding carboxylic acids is 2. The molecule has 2 atom stereocenters. The maximum atomic E-state index is 13.4. The third-order valence-electron chi connectivity index (χ3n) is 5.55. The number of likely N-dealkylation sites (tertiary alicyclic amines) is 1. The summed E-state index contributed by atoms with van der Waals surface area (Å²) in [5, 5.41) is 0. The number of nitrogens with zero attached hydrogens (tertiary/aromatic N) is 2. The molecule has 6 heteroatoms. The number of hydrogen-bond acceptors (Lipinski definition) is 4. The maximum Gasteiger partial charge on any atom is 0.241 e. The third kappa shape index (κ3) is 3.93. The van der Waals surface area contributed by atoms with Crippen molar-refractivity contribution in [3.05, 3.63) is 60.2 Å². The lowest BCUT2D eigenvalue weighted by atomic mass is 9.97. The number of anilines is 1. The summed E-state index contributed by atoms with van der Waals surface area (Å²) in [6, 6.07) is 18.3. The number of carbonyl (C=O) groups is 2. The van der Waals surface area contributed by atoms with Crippen LogP contribution in [0.4, 0.5) is 5.69 Å². The molecular formula is C22H25N3O2S. The summed E-state index contributed by atoms with van der Waals surface area (Å²) in [6.45, 7) is 1.71. The van der Waals surface area contributed by atoms with Gasteiger partial charge in [0.15, 0.2) is 0 Å². The van der Waals surface area contributed by atoms with Crippen LogP contribution in [0.15, 0.2) is 59.5 Å². The smallest absolute Gasteiger partial charge is 0.241 e. The molecule has 1 fully saturated rings. The molecule has 146 valence electrons. The lowest BCUT2D eigenvalue weighted by molar-refractivity contribution is -0.126. The van der Waals surface area contributed by atoms with Crippen LogP contribution in [-0.2, 0) is 9.59 Å². The van der Waals surface area contributed by atoms with Crippen molar-refractivity contribution in [1.82, 2.24) is 4.90 Å². The highest BCUT2D eigenvalue weighted by atomic mass is 32.2. The average Bonchev–Trinajstić information content (AvgIpc) is 2.73. The Morgan fingerprint density at radius 2 is 1.82 bits per heavy atom. The normalized spacial score (nSPS) is 22.5. The number of para-hydroxylation sites is 1. The molecule has 0 unspecified atom stereocenters. The molecule has 4 rings (SSSR count). The van der Waals surface area contributed by atoms with Gasteiger partial charge in [-0.1, -0.05) is 42.5 Å². The van der Waals surface area contributed by atoms with E-state index >= 15 is 0 Å². The summed E-state index contributed by atoms with van der Waals surface area (Å²) in [4.78, 5) is 30.2. The monoisotopic (exact) mass is 395 g/mol. The third-order valence-corrected chi connectivity index (χ3v) is 6.69. The minimum Gasteiger partial charge on any atom is -0.369 e. The van der Waals surface area contributed by atoms with E-state index in [9.17, 15) is 9.59 Å². The Morgan fingerprint density at radius 1 is 1.07 bits per heavy atom. The molecule has 2 amide bonds. The van der Waals surface area contributed by atoms with Crippen LogP contribution in [0.2, 0.25) is 0 Å². The highest BCUT2D eigenvalue weighted by Crippen LogP contribution is 2.43. The van der Waals surface area contributed by atoms with Crippen LogP contribution < -0.4 is 10.6 Å². The maximum absolute atomic E-state index is 13.4. The number of fused-ring (bicyclic) bond motifs is 1. The predicted molar refractivity (Wildman–Crippen MR) is 112 cm³/mol. The predicted octanol–water partition coefficient (Wildman–Crippen LogP) is 3.06. The lowest BCUT2D eigenvalue weighted by Crippen LogP contribution is -2.48. The van der Waals surface area contributed by atoms with Crippen molar-refractivity contribution in [3.63, 3.8) is 0 Å². The largest absolute Gasteiger partial charge is 0.369 e. The zero-order valence-corrected chi connectivity index (χ0v) is 16.6. The molecule has 2 heterocycles. The van der Waals surface area contributed by atoms with Gasteiger partial charge in [-0.2, -0.15) is 0 Å². The molecule has 5 nitrogen and oxygen atoms in total. The van der Waals surface area contributed by atoms with E-state index in [1.807, 2.05) is 41.3 Å². The molecule has 0 saturated carbocycles. The van der Waals surface area contributed by atoms with Gasteiger partial charge in [0, 0.05) is 17.2 Å². The number of amides is 2. The Kier molecular flexibility index (Phi) is 5.69. The van der Waals surface area contributed by atoms with Crippen molar-refractivity contribution < 1.29 is 9.59 Å². The molecule has 2 aromatic rings. The first-order valence-corrected chi connectivity index (χ1v) is 10.7. The van der Waals surface area contributed by atoms with E-state index in [2.05, 4.69) is 23.1 Å². The summed E-state index contributed by atoms with van der Waals surface area (Å²) in [5.74, 6) is 0.484. The summed E-state index contributed by atoms with van der Waals surface area (Å²) >= 11 is 1.79. The van der Waals surface area contributed by atoms with Crippen molar-refractivity contribution in [2.24, 2.45) is 11.7 Å². The zero-order chi connectivity index (χ0) is 19.5. The van der Waals surface area contributed by atoms with Gasteiger partial charge >= 0.3 is 0 Å². The molecule has 2 aromatic carbocycles. The minimum absolute atomic E-state index is 0.00493. The van der Waals surface area contributed by atoms with E-state index < -0.39 is 0 Å². The van der Waals surface area contributed by atoms with Crippen LogP contribution in [0.5, 0.6) is 0 Å². The van der Waals surface area contributed by atoms with E-state index in [1.165, 1.54) is 0 Å². The summed E-state index contributed by atoms with van der Waals surface area (Å²) in [6.07, 6.45) is 1.71. The van der Waals surface area contributed by atoms with Crippen molar-refractivity contribution in [2.45, 2.75) is 23.8 Å². The van der Waals surface area contributed by atoms with E-state index in [0.717, 1.165) is 41.3 Å². The quantitative estimate of drug-likeness (QED) is 0.864. The summed E-state index contributed by atoms with van der Waals surface area (Å²) in [7, 11) is 0. The molecule has 0 spiro atoms. The van der Waals surface area contributed by atoms with Crippen LogP contribution in [0.3, 0.4) is 0 Å². The van der Waals surface area contributed by atoms with Crippen molar-refractivity contribution in [2.75, 3.05) is 30.3 Å². The van der Waals surface area contributed by atoms with E-state index in [4.69, 9.17) is 5.73 Å². The van der Waals surface area contributed by atoms with Crippen LogP contribution in [0.1, 0.15) is 24.4 Å². The molecule has 0 aromatic heterocycles. The molecule has 2 aliphatic rings. The molecule has 28 heavy (non-hydrogen) atoms. The van der Waals surface area contributed by atoms with Crippen molar-refractivity contribution in [3.8, 4) is 0 Å². The van der Waals surface area contributed by atoms with Crippen LogP contribution >= 0.6 is 11.8 Å². The Morgan fingerprint density at radius 3 is 2.61 bits per heavy atom. The molecule has 0 bridgehead atoms. The Labute approximate surface area is 169 Å². The molecule has 0 radical (unpaired) electrons. The number of nitrogens with two attached hydrogens (primary N) is 1. The number of rotatable bonds is 4. The zero-order valence-electron chi connectivity index (χ0n) is 15.8. The fourth-order valence-corrected chi connectivity index (χ4v) is 5.28. The fourth-order valence-electron chi connectivity index (χ4n) is 4.12. The van der Waals surface area contributed by atoms with Gasteiger partial charge in [0.2, 0.25) is 11.8 Å². The van der Waals surface area contributed by atoms with Crippen LogP contribution in [0.25, 0.3) is 0 Å². The number of benzene rings is 2. The Hall–Kier alpha value is -2.31. The molecule has 1 saturated heterocycles. The highest BCUT2D eigenvalue weighted by molar-refractivity contribution is 7.99. The summed E-state index contributed by atoms with van der Waals surface area (Å²) < 4.78 is 0. The molecule has 2 aliphatic heterocycles. The van der Waals surface area contributed by atoms with E-state index in [1.54, 1.807) is 11.8 Å². The topological polar surface area (TPSA) is 66.6 Å². The van der Waals surface area contributed by atoms with Gasteiger partial charge < -0.3 is 10.6 Å². The second kappa shape index (κ2) is 8.37. The first kappa shape index (κ1) is 19.0. The van der Waals surface area contributed by atoms with Crippen molar-refractivity contribution in [1.29, 1.82) is 0 Å². The van der Waals surface area contributed by atoms with Crippen LogP contribution in [0, 0.1) is 5.92 Å². The first-order chi connectivity index (χ1) is 13.6. The van der Waals surface area contributed by atoms with Gasteiger partial charge in [0.25, 0.3) is 0 Å². The van der Waals surface area contributed by atoms with Crippen molar-refractivity contribution >= 4 is 29.3 Å². The summed E-state index contributed by atoms with van der Waals surface area (Å²) in [5.41, 5.74) is 7.62.